The summed E-state index contributed by atoms with van der Waals surface area (Å²) in [5.41, 5.74) is 2.37. The van der Waals surface area contributed by atoms with Gasteiger partial charge in [0.1, 0.15) is 0 Å². The zero-order chi connectivity index (χ0) is 15.1. The molecule has 0 saturated heterocycles. The van der Waals surface area contributed by atoms with Crippen LogP contribution in [0.4, 0.5) is 5.95 Å². The van der Waals surface area contributed by atoms with E-state index in [1.807, 2.05) is 0 Å². The fourth-order valence-corrected chi connectivity index (χ4v) is 2.12. The summed E-state index contributed by atoms with van der Waals surface area (Å²) < 4.78 is 2.15. The van der Waals surface area contributed by atoms with Crippen LogP contribution >= 0.6 is 0 Å². The molecule has 0 unspecified atom stereocenters. The van der Waals surface area contributed by atoms with E-state index in [9.17, 15) is 4.79 Å². The molecule has 0 saturated carbocycles. The standard InChI is InChI=1S/C15H21N5O/c1-12-4-5-13(2)20(12)11-6-14(21)16-9-10-19-15-17-7-3-8-18-15/h3-5,7-8H,6,9-11H2,1-2H3,(H,16,21)(H,17,18,19). The number of nitrogens with zero attached hydrogens (tertiary/aromatic N) is 3. The van der Waals surface area contributed by atoms with Gasteiger partial charge in [-0.2, -0.15) is 0 Å². The summed E-state index contributed by atoms with van der Waals surface area (Å²) in [5, 5.41) is 5.93. The molecule has 21 heavy (non-hydrogen) atoms. The summed E-state index contributed by atoms with van der Waals surface area (Å²) >= 11 is 0. The van der Waals surface area contributed by atoms with Crippen molar-refractivity contribution in [2.45, 2.75) is 26.8 Å². The summed E-state index contributed by atoms with van der Waals surface area (Å²) in [6.45, 7) is 5.98. The normalized spacial score (nSPS) is 10.4. The van der Waals surface area contributed by atoms with Gasteiger partial charge >= 0.3 is 0 Å². The maximum Gasteiger partial charge on any atom is 0.222 e. The molecular weight excluding hydrogens is 266 g/mol. The number of hydrogen-bond donors (Lipinski definition) is 2. The van der Waals surface area contributed by atoms with E-state index in [4.69, 9.17) is 0 Å². The van der Waals surface area contributed by atoms with Gasteiger partial charge in [-0.1, -0.05) is 0 Å². The average Bonchev–Trinajstić information content (AvgIpc) is 2.81. The Balaban J connectivity index is 1.64. The summed E-state index contributed by atoms with van der Waals surface area (Å²) in [7, 11) is 0. The topological polar surface area (TPSA) is 71.8 Å². The van der Waals surface area contributed by atoms with Gasteiger partial charge in [0.2, 0.25) is 11.9 Å². The van der Waals surface area contributed by atoms with Crippen molar-refractivity contribution in [2.75, 3.05) is 18.4 Å². The molecule has 1 amide bonds. The van der Waals surface area contributed by atoms with Gasteiger partial charge in [-0.25, -0.2) is 9.97 Å². The smallest absolute Gasteiger partial charge is 0.222 e. The lowest BCUT2D eigenvalue weighted by Crippen LogP contribution is -2.29. The summed E-state index contributed by atoms with van der Waals surface area (Å²) in [6, 6.07) is 5.90. The Morgan fingerprint density at radius 2 is 1.81 bits per heavy atom. The monoisotopic (exact) mass is 287 g/mol. The highest BCUT2D eigenvalue weighted by molar-refractivity contribution is 5.75. The fraction of sp³-hybridized carbons (Fsp3) is 0.400. The molecule has 0 radical (unpaired) electrons. The lowest BCUT2D eigenvalue weighted by molar-refractivity contribution is -0.121. The summed E-state index contributed by atoms with van der Waals surface area (Å²) in [6.07, 6.45) is 3.84. The van der Waals surface area contributed by atoms with Crippen molar-refractivity contribution in [3.63, 3.8) is 0 Å². The van der Waals surface area contributed by atoms with E-state index in [0.717, 1.165) is 0 Å². The third kappa shape index (κ3) is 4.59. The van der Waals surface area contributed by atoms with Gasteiger partial charge in [0, 0.05) is 49.8 Å². The minimum absolute atomic E-state index is 0.0540. The lowest BCUT2D eigenvalue weighted by Gasteiger charge is -2.10. The number of carbonyl (C=O) groups excluding carboxylic acids is 1. The van der Waals surface area contributed by atoms with Crippen molar-refractivity contribution >= 4 is 11.9 Å². The van der Waals surface area contributed by atoms with Crippen molar-refractivity contribution in [2.24, 2.45) is 0 Å². The number of nitrogens with one attached hydrogen (secondary N) is 2. The zero-order valence-electron chi connectivity index (χ0n) is 12.5. The first kappa shape index (κ1) is 15.0. The zero-order valence-corrected chi connectivity index (χ0v) is 12.5. The SMILES string of the molecule is Cc1ccc(C)n1CCC(=O)NCCNc1ncccn1. The highest BCUT2D eigenvalue weighted by atomic mass is 16.1. The second kappa shape index (κ2) is 7.42. The van der Waals surface area contributed by atoms with Gasteiger partial charge < -0.3 is 15.2 Å². The van der Waals surface area contributed by atoms with E-state index in [1.165, 1.54) is 11.4 Å². The van der Waals surface area contributed by atoms with Gasteiger partial charge in [0.25, 0.3) is 0 Å². The summed E-state index contributed by atoms with van der Waals surface area (Å²) in [5.74, 6) is 0.628. The Labute approximate surface area is 124 Å². The molecule has 0 spiro atoms. The first-order valence-corrected chi connectivity index (χ1v) is 7.07. The third-order valence-corrected chi connectivity index (χ3v) is 3.28. The van der Waals surface area contributed by atoms with E-state index < -0.39 is 0 Å². The van der Waals surface area contributed by atoms with Crippen LogP contribution in [0.15, 0.2) is 30.6 Å². The van der Waals surface area contributed by atoms with Crippen molar-refractivity contribution in [1.82, 2.24) is 19.9 Å². The predicted octanol–water partition coefficient (Wildman–Crippen LogP) is 1.51. The van der Waals surface area contributed by atoms with Crippen molar-refractivity contribution in [3.05, 3.63) is 42.0 Å². The van der Waals surface area contributed by atoms with Crippen LogP contribution in [0.1, 0.15) is 17.8 Å². The molecule has 0 fully saturated rings. The molecule has 2 aromatic rings. The molecule has 0 aliphatic heterocycles. The van der Waals surface area contributed by atoms with Crippen LogP contribution in [0.2, 0.25) is 0 Å². The van der Waals surface area contributed by atoms with Crippen molar-refractivity contribution in [1.29, 1.82) is 0 Å². The quantitative estimate of drug-likeness (QED) is 0.757. The number of amides is 1. The van der Waals surface area contributed by atoms with Gasteiger partial charge in [-0.3, -0.25) is 4.79 Å². The second-order valence-corrected chi connectivity index (χ2v) is 4.87. The Hall–Kier alpha value is -2.37. The molecule has 0 aromatic carbocycles. The van der Waals surface area contributed by atoms with Crippen LogP contribution in [-0.4, -0.2) is 33.5 Å². The second-order valence-electron chi connectivity index (χ2n) is 4.87. The molecule has 2 rings (SSSR count). The lowest BCUT2D eigenvalue weighted by atomic mass is 10.3. The van der Waals surface area contributed by atoms with Crippen LogP contribution < -0.4 is 10.6 Å². The molecule has 0 aliphatic rings. The molecule has 0 bridgehead atoms. The van der Waals surface area contributed by atoms with E-state index in [-0.39, 0.29) is 5.91 Å². The third-order valence-electron chi connectivity index (χ3n) is 3.28. The van der Waals surface area contributed by atoms with Crippen LogP contribution in [0, 0.1) is 13.8 Å². The predicted molar refractivity (Wildman–Crippen MR) is 82.1 cm³/mol. The van der Waals surface area contributed by atoms with E-state index in [0.29, 0.717) is 32.0 Å². The number of anilines is 1. The minimum atomic E-state index is 0.0540. The molecule has 6 heteroatoms. The highest BCUT2D eigenvalue weighted by Crippen LogP contribution is 2.07. The average molecular weight is 287 g/mol. The van der Waals surface area contributed by atoms with Gasteiger partial charge in [-0.05, 0) is 32.0 Å². The Morgan fingerprint density at radius 3 is 2.48 bits per heavy atom. The Kier molecular flexibility index (Phi) is 5.31. The maximum atomic E-state index is 11.8. The maximum absolute atomic E-state index is 11.8. The minimum Gasteiger partial charge on any atom is -0.354 e. The molecule has 112 valence electrons. The van der Waals surface area contributed by atoms with Crippen LogP contribution in [0.3, 0.4) is 0 Å². The van der Waals surface area contributed by atoms with Gasteiger partial charge in [0.15, 0.2) is 0 Å². The number of aromatic nitrogens is 3. The molecular formula is C15H21N5O. The van der Waals surface area contributed by atoms with Crippen LogP contribution in [0.25, 0.3) is 0 Å². The number of aryl methyl sites for hydroxylation is 2. The fourth-order valence-electron chi connectivity index (χ4n) is 2.12. The van der Waals surface area contributed by atoms with Gasteiger partial charge in [-0.15, -0.1) is 0 Å². The molecule has 0 atom stereocenters. The van der Waals surface area contributed by atoms with Crippen molar-refractivity contribution in [3.8, 4) is 0 Å². The molecule has 0 aliphatic carbocycles. The van der Waals surface area contributed by atoms with Crippen LogP contribution in [-0.2, 0) is 11.3 Å². The molecule has 2 heterocycles. The van der Waals surface area contributed by atoms with E-state index in [2.05, 4.69) is 51.1 Å². The first-order chi connectivity index (χ1) is 10.2. The molecule has 2 N–H and O–H groups in total. The highest BCUT2D eigenvalue weighted by Gasteiger charge is 2.05. The number of rotatable bonds is 7. The summed E-state index contributed by atoms with van der Waals surface area (Å²) in [4.78, 5) is 19.9. The molecule has 6 nitrogen and oxygen atoms in total. The van der Waals surface area contributed by atoms with E-state index >= 15 is 0 Å². The molecule has 2 aromatic heterocycles. The Bertz CT molecular complexity index is 560. The van der Waals surface area contributed by atoms with E-state index in [1.54, 1.807) is 18.5 Å². The Morgan fingerprint density at radius 1 is 1.14 bits per heavy atom. The van der Waals surface area contributed by atoms with Crippen LogP contribution in [0.5, 0.6) is 0 Å². The number of hydrogen-bond acceptors (Lipinski definition) is 4. The first-order valence-electron chi connectivity index (χ1n) is 7.07. The van der Waals surface area contributed by atoms with Gasteiger partial charge in [0.05, 0.1) is 0 Å². The largest absolute Gasteiger partial charge is 0.354 e. The van der Waals surface area contributed by atoms with Crippen molar-refractivity contribution < 1.29 is 4.79 Å². The number of carbonyl (C=O) groups is 1.